The van der Waals surface area contributed by atoms with Gasteiger partial charge in [-0.3, -0.25) is 0 Å². The number of unbranched alkanes of at least 4 members (excludes halogenated alkanes) is 16. The maximum absolute atomic E-state index is 13.4. The largest absolute Gasteiger partial charge is 1.00 e. The summed E-state index contributed by atoms with van der Waals surface area (Å²) < 4.78 is 40.1. The first-order valence-corrected chi connectivity index (χ1v) is 18.6. The van der Waals surface area contributed by atoms with Crippen LogP contribution >= 0.6 is 0 Å². The Morgan fingerprint density at radius 1 is 0.848 bits per heavy atom. The number of fused-ring (bicyclic) bond motifs is 1. The lowest BCUT2D eigenvalue weighted by Crippen LogP contribution is -3.00. The number of carbonyl (C=O) groups is 1. The highest BCUT2D eigenvalue weighted by Gasteiger charge is 2.34. The van der Waals surface area contributed by atoms with Crippen molar-refractivity contribution >= 4 is 5.97 Å². The van der Waals surface area contributed by atoms with Gasteiger partial charge in [0, 0.05) is 22.2 Å². The average Bonchev–Trinajstić information content (AvgIpc) is 3.05. The number of ether oxygens (including phenoxy) is 2. The second-order valence-electron chi connectivity index (χ2n) is 13.9. The SMILES string of the molecule is [3H]C([3H])([3H])c1c2c(c(C)c(C)c1OC(=O)c1ccc[n+](CCCCCC)c1)OC(C)(CCCCCCCCCCCCCCCC)CC2.[Br-]. The van der Waals surface area contributed by atoms with E-state index in [1.807, 2.05) is 30.7 Å². The average molecular weight is 707 g/mol. The molecule has 1 aromatic carbocycles. The van der Waals surface area contributed by atoms with Crippen LogP contribution in [0.15, 0.2) is 24.5 Å². The molecule has 0 fully saturated rings. The molecule has 3 rings (SSSR count). The van der Waals surface area contributed by atoms with E-state index in [2.05, 4.69) is 20.8 Å². The Balaban J connectivity index is 0.00000833. The fourth-order valence-corrected chi connectivity index (χ4v) is 6.72. The second-order valence-corrected chi connectivity index (χ2v) is 13.9. The summed E-state index contributed by atoms with van der Waals surface area (Å²) in [5, 5.41) is 0. The van der Waals surface area contributed by atoms with Gasteiger partial charge >= 0.3 is 5.97 Å². The van der Waals surface area contributed by atoms with Crippen LogP contribution in [0.4, 0.5) is 0 Å². The van der Waals surface area contributed by atoms with Gasteiger partial charge in [-0.05, 0) is 82.5 Å². The predicted octanol–water partition coefficient (Wildman–Crippen LogP) is 8.66. The molecule has 1 aliphatic rings. The van der Waals surface area contributed by atoms with Gasteiger partial charge in [0.1, 0.15) is 29.2 Å². The minimum Gasteiger partial charge on any atom is -1.00 e. The van der Waals surface area contributed by atoms with E-state index in [4.69, 9.17) is 13.6 Å². The third-order valence-corrected chi connectivity index (χ3v) is 9.92. The molecule has 1 atom stereocenters. The van der Waals surface area contributed by atoms with E-state index in [0.717, 1.165) is 44.2 Å². The van der Waals surface area contributed by atoms with Gasteiger partial charge in [-0.1, -0.05) is 110 Å². The first-order valence-electron chi connectivity index (χ1n) is 20.1. The van der Waals surface area contributed by atoms with Gasteiger partial charge in [-0.25, -0.2) is 9.36 Å². The lowest BCUT2D eigenvalue weighted by Gasteiger charge is -2.38. The summed E-state index contributed by atoms with van der Waals surface area (Å²) >= 11 is 0. The Hall–Kier alpha value is -1.88. The number of rotatable bonds is 22. The lowest BCUT2D eigenvalue weighted by atomic mass is 9.84. The van der Waals surface area contributed by atoms with E-state index in [-0.39, 0.29) is 33.9 Å². The molecule has 0 saturated heterocycles. The fourth-order valence-electron chi connectivity index (χ4n) is 6.72. The molecular formula is C41H66BrNO3. The second kappa shape index (κ2) is 21.9. The van der Waals surface area contributed by atoms with E-state index in [1.165, 1.54) is 96.3 Å². The molecule has 4 nitrogen and oxygen atoms in total. The van der Waals surface area contributed by atoms with Crippen LogP contribution in [0.3, 0.4) is 0 Å². The Labute approximate surface area is 297 Å². The molecule has 0 saturated carbocycles. The zero-order valence-corrected chi connectivity index (χ0v) is 31.5. The molecule has 260 valence electrons. The third-order valence-electron chi connectivity index (χ3n) is 9.92. The lowest BCUT2D eigenvalue weighted by molar-refractivity contribution is -0.697. The van der Waals surface area contributed by atoms with Crippen molar-refractivity contribution in [2.45, 2.75) is 188 Å². The van der Waals surface area contributed by atoms with Crippen molar-refractivity contribution in [2.24, 2.45) is 0 Å². The topological polar surface area (TPSA) is 39.4 Å². The summed E-state index contributed by atoms with van der Waals surface area (Å²) in [5.41, 5.74) is 2.37. The van der Waals surface area contributed by atoms with Crippen LogP contribution in [-0.4, -0.2) is 11.6 Å². The van der Waals surface area contributed by atoms with Crippen molar-refractivity contribution in [1.29, 1.82) is 0 Å². The summed E-state index contributed by atoms with van der Waals surface area (Å²) in [7, 11) is 0. The smallest absolute Gasteiger partial charge is 0.349 e. The molecule has 1 aromatic heterocycles. The summed E-state index contributed by atoms with van der Waals surface area (Å²) in [4.78, 5) is 13.4. The van der Waals surface area contributed by atoms with Gasteiger partial charge in [0.2, 0.25) is 0 Å². The van der Waals surface area contributed by atoms with Crippen molar-refractivity contribution < 1.29 is 39.9 Å². The van der Waals surface area contributed by atoms with Crippen LogP contribution in [0.1, 0.15) is 186 Å². The molecule has 1 aliphatic heterocycles. The van der Waals surface area contributed by atoms with Crippen molar-refractivity contribution in [3.05, 3.63) is 52.3 Å². The highest BCUT2D eigenvalue weighted by molar-refractivity contribution is 5.91. The number of hydrogen-bond donors (Lipinski definition) is 0. The Morgan fingerprint density at radius 3 is 2.00 bits per heavy atom. The van der Waals surface area contributed by atoms with Crippen molar-refractivity contribution in [1.82, 2.24) is 0 Å². The number of halogens is 1. The van der Waals surface area contributed by atoms with Gasteiger partial charge in [0.25, 0.3) is 0 Å². The number of nitrogens with zero attached hydrogens (tertiary/aromatic N) is 1. The van der Waals surface area contributed by atoms with E-state index in [0.29, 0.717) is 28.9 Å². The number of aryl methyl sites for hydroxylation is 1. The van der Waals surface area contributed by atoms with Gasteiger partial charge in [-0.15, -0.1) is 0 Å². The van der Waals surface area contributed by atoms with Crippen LogP contribution < -0.4 is 31.0 Å². The molecule has 0 bridgehead atoms. The molecule has 0 radical (unpaired) electrons. The molecule has 0 aliphatic carbocycles. The zero-order valence-electron chi connectivity index (χ0n) is 32.9. The van der Waals surface area contributed by atoms with E-state index >= 15 is 0 Å². The molecule has 5 heteroatoms. The summed E-state index contributed by atoms with van der Waals surface area (Å²) in [6.07, 6.45) is 29.3. The Bertz CT molecular complexity index is 1280. The highest BCUT2D eigenvalue weighted by Crippen LogP contribution is 2.45. The van der Waals surface area contributed by atoms with Crippen molar-refractivity contribution in [3.63, 3.8) is 0 Å². The summed E-state index contributed by atoms with van der Waals surface area (Å²) in [6.45, 7) is 8.82. The molecular weight excluding hydrogens is 634 g/mol. The normalized spacial score (nSPS) is 16.8. The molecule has 46 heavy (non-hydrogen) atoms. The Morgan fingerprint density at radius 2 is 1.41 bits per heavy atom. The van der Waals surface area contributed by atoms with Crippen LogP contribution in [0.5, 0.6) is 11.5 Å². The molecule has 2 aromatic rings. The van der Waals surface area contributed by atoms with Gasteiger partial charge < -0.3 is 26.5 Å². The molecule has 1 unspecified atom stereocenters. The summed E-state index contributed by atoms with van der Waals surface area (Å²) in [5.74, 6) is 0.293. The number of carbonyl (C=O) groups excluding carboxylic acids is 1. The molecule has 2 heterocycles. The third kappa shape index (κ3) is 13.0. The predicted molar refractivity (Wildman–Crippen MR) is 189 cm³/mol. The first kappa shape index (κ1) is 35.4. The monoisotopic (exact) mass is 705 g/mol. The Kier molecular flexibility index (Phi) is 16.9. The van der Waals surface area contributed by atoms with E-state index in [1.54, 1.807) is 12.3 Å². The highest BCUT2D eigenvalue weighted by atomic mass is 79.9. The number of esters is 1. The van der Waals surface area contributed by atoms with Gasteiger partial charge in [-0.2, -0.15) is 0 Å². The maximum Gasteiger partial charge on any atom is 0.349 e. The van der Waals surface area contributed by atoms with Crippen LogP contribution in [-0.2, 0) is 13.0 Å². The summed E-state index contributed by atoms with van der Waals surface area (Å²) in [6, 6.07) is 3.57. The molecule has 0 spiro atoms. The number of pyridine rings is 1. The first-order chi connectivity index (χ1) is 23.0. The minimum absolute atomic E-state index is 0. The zero-order chi connectivity index (χ0) is 35.0. The number of benzene rings is 1. The van der Waals surface area contributed by atoms with Crippen LogP contribution in [0.2, 0.25) is 0 Å². The van der Waals surface area contributed by atoms with Gasteiger partial charge in [0.15, 0.2) is 12.4 Å². The van der Waals surface area contributed by atoms with Gasteiger partial charge in [0.05, 0.1) is 0 Å². The molecule has 0 N–H and O–H groups in total. The number of aromatic nitrogens is 1. The minimum atomic E-state index is -2.44. The quantitative estimate of drug-likeness (QED) is 0.0533. The van der Waals surface area contributed by atoms with Crippen LogP contribution in [0.25, 0.3) is 0 Å². The van der Waals surface area contributed by atoms with E-state index in [9.17, 15) is 4.79 Å². The van der Waals surface area contributed by atoms with Crippen molar-refractivity contribution in [3.8, 4) is 11.5 Å². The maximum atomic E-state index is 13.4. The standard InChI is InChI=1S/C41H66NO3.BrH/c1-7-9-11-13-14-15-16-17-18-19-20-21-22-23-28-41(6)29-27-37-35(5)38(33(3)34(4)39(37)45-41)44-40(43)36-26-25-31-42(32-36)30-24-12-10-8-2;/h25-26,31-32H,7-24,27-30H2,1-6H3;1H/q+1;/p-1/i5T3;. The van der Waals surface area contributed by atoms with Crippen LogP contribution in [0, 0.1) is 20.7 Å². The van der Waals surface area contributed by atoms with Crippen molar-refractivity contribution in [2.75, 3.05) is 0 Å². The fraction of sp³-hybridized carbons (Fsp3) is 0.707. The van der Waals surface area contributed by atoms with E-state index < -0.39 is 12.8 Å². The molecule has 0 amide bonds. The number of hydrogen-bond acceptors (Lipinski definition) is 3.